The van der Waals surface area contributed by atoms with Crippen LogP contribution in [0.3, 0.4) is 0 Å². The third kappa shape index (κ3) is 4.94. The molecule has 1 aromatic heterocycles. The van der Waals surface area contributed by atoms with E-state index in [9.17, 15) is 13.2 Å². The maximum atomic E-state index is 13.0. The summed E-state index contributed by atoms with van der Waals surface area (Å²) < 4.78 is 32.9. The number of halogens is 2. The van der Waals surface area contributed by atoms with E-state index in [-0.39, 0.29) is 16.2 Å². The van der Waals surface area contributed by atoms with Crippen LogP contribution >= 0.6 is 23.2 Å². The zero-order valence-corrected chi connectivity index (χ0v) is 20.4. The summed E-state index contributed by atoms with van der Waals surface area (Å²) in [5, 5.41) is 7.40. The summed E-state index contributed by atoms with van der Waals surface area (Å²) in [5.74, 6) is -0.177. The summed E-state index contributed by atoms with van der Waals surface area (Å²) in [6.07, 6.45) is 0. The molecular weight excluding hydrogens is 497 g/mol. The van der Waals surface area contributed by atoms with Crippen molar-refractivity contribution in [2.24, 2.45) is 0 Å². The predicted molar refractivity (Wildman–Crippen MR) is 133 cm³/mol. The lowest BCUT2D eigenvalue weighted by atomic mass is 10.1. The first-order chi connectivity index (χ1) is 16.2. The number of hydrogen-bond acceptors (Lipinski definition) is 5. The Morgan fingerprint density at radius 3 is 2.09 bits per heavy atom. The summed E-state index contributed by atoms with van der Waals surface area (Å²) >= 11 is 12.6. The number of anilines is 2. The average Bonchev–Trinajstić information content (AvgIpc) is 3.16. The second-order valence-electron chi connectivity index (χ2n) is 7.51. The van der Waals surface area contributed by atoms with Crippen LogP contribution in [0.15, 0.2) is 76.1 Å². The molecule has 0 atom stereocenters. The first kappa shape index (κ1) is 23.8. The Morgan fingerprint density at radius 1 is 0.882 bits per heavy atom. The van der Waals surface area contributed by atoms with Crippen LogP contribution in [0.1, 0.15) is 21.7 Å². The van der Waals surface area contributed by atoms with Gasteiger partial charge < -0.3 is 9.84 Å². The Kier molecular flexibility index (Phi) is 6.65. The van der Waals surface area contributed by atoms with E-state index in [1.165, 1.54) is 12.1 Å². The van der Waals surface area contributed by atoms with Gasteiger partial charge >= 0.3 is 0 Å². The highest BCUT2D eigenvalue weighted by atomic mass is 35.5. The molecule has 1 amide bonds. The number of hydrogen-bond donors (Lipinski definition) is 2. The van der Waals surface area contributed by atoms with Crippen molar-refractivity contribution in [3.8, 4) is 11.3 Å². The van der Waals surface area contributed by atoms with Crippen LogP contribution in [0.25, 0.3) is 11.3 Å². The minimum absolute atomic E-state index is 0.157. The number of nitrogens with one attached hydrogen (secondary N) is 2. The Hall–Kier alpha value is -3.33. The van der Waals surface area contributed by atoms with Crippen LogP contribution in [-0.4, -0.2) is 19.5 Å². The first-order valence-electron chi connectivity index (χ1n) is 10.1. The number of rotatable bonds is 6. The third-order valence-electron chi connectivity index (χ3n) is 5.02. The van der Waals surface area contributed by atoms with Crippen molar-refractivity contribution in [3.63, 3.8) is 0 Å². The fraction of sp³-hybridized carbons (Fsp3) is 0.0833. The maximum Gasteiger partial charge on any atom is 0.261 e. The van der Waals surface area contributed by atoms with Gasteiger partial charge in [-0.15, -0.1) is 0 Å². The molecule has 0 aliphatic rings. The molecule has 0 spiro atoms. The summed E-state index contributed by atoms with van der Waals surface area (Å²) in [4.78, 5) is 13.2. The van der Waals surface area contributed by atoms with Crippen LogP contribution in [0.5, 0.6) is 0 Å². The van der Waals surface area contributed by atoms with Crippen molar-refractivity contribution in [3.05, 3.63) is 93.7 Å². The van der Waals surface area contributed by atoms with Gasteiger partial charge in [0, 0.05) is 16.9 Å². The number of sulfonamides is 1. The standard InChI is InChI=1S/C24H19Cl2N3O4S/c1-14-6-12-18(13-7-14)34(31,32)29-17-10-8-16(9-11-17)27-24(30)21-15(2)33-28-23(21)22-19(25)4-3-5-20(22)26/h3-13,29H,1-2H3,(H,27,30). The molecule has 10 heteroatoms. The topological polar surface area (TPSA) is 101 Å². The highest BCUT2D eigenvalue weighted by Crippen LogP contribution is 2.37. The van der Waals surface area contributed by atoms with Crippen molar-refractivity contribution >= 4 is 50.5 Å². The van der Waals surface area contributed by atoms with Crippen LogP contribution in [0, 0.1) is 13.8 Å². The lowest BCUT2D eigenvalue weighted by Gasteiger charge is -2.10. The Balaban J connectivity index is 1.53. The van der Waals surface area contributed by atoms with Crippen molar-refractivity contribution in [2.45, 2.75) is 18.7 Å². The molecule has 2 N–H and O–H groups in total. The van der Waals surface area contributed by atoms with E-state index >= 15 is 0 Å². The van der Waals surface area contributed by atoms with Crippen molar-refractivity contribution in [1.29, 1.82) is 0 Å². The molecule has 0 fully saturated rings. The van der Waals surface area contributed by atoms with E-state index in [4.69, 9.17) is 27.7 Å². The molecule has 0 aliphatic heterocycles. The van der Waals surface area contributed by atoms with Gasteiger partial charge in [0.05, 0.1) is 14.9 Å². The van der Waals surface area contributed by atoms with E-state index in [0.717, 1.165) is 5.56 Å². The number of carbonyl (C=O) groups is 1. The summed E-state index contributed by atoms with van der Waals surface area (Å²) in [7, 11) is -3.73. The summed E-state index contributed by atoms with van der Waals surface area (Å²) in [6.45, 7) is 3.49. The van der Waals surface area contributed by atoms with Gasteiger partial charge in [-0.3, -0.25) is 9.52 Å². The Labute approximate surface area is 206 Å². The third-order valence-corrected chi connectivity index (χ3v) is 7.04. The van der Waals surface area contributed by atoms with Gasteiger partial charge in [-0.1, -0.05) is 52.1 Å². The van der Waals surface area contributed by atoms with E-state index in [1.54, 1.807) is 61.5 Å². The van der Waals surface area contributed by atoms with Crippen molar-refractivity contribution in [1.82, 2.24) is 5.16 Å². The molecule has 0 radical (unpaired) electrons. The first-order valence-corrected chi connectivity index (χ1v) is 12.3. The largest absolute Gasteiger partial charge is 0.360 e. The van der Waals surface area contributed by atoms with Crippen LogP contribution in [-0.2, 0) is 10.0 Å². The van der Waals surface area contributed by atoms with Gasteiger partial charge in [-0.25, -0.2) is 8.42 Å². The van der Waals surface area contributed by atoms with Gasteiger partial charge in [0.2, 0.25) is 0 Å². The van der Waals surface area contributed by atoms with Gasteiger partial charge in [-0.2, -0.15) is 0 Å². The number of aryl methyl sites for hydroxylation is 2. The van der Waals surface area contributed by atoms with E-state index in [0.29, 0.717) is 32.7 Å². The molecule has 0 saturated heterocycles. The summed E-state index contributed by atoms with van der Waals surface area (Å²) in [6, 6.07) is 17.8. The lowest BCUT2D eigenvalue weighted by Crippen LogP contribution is -2.14. The molecule has 1 heterocycles. The predicted octanol–water partition coefficient (Wildman–Crippen LogP) is 6.32. The maximum absolute atomic E-state index is 13.0. The lowest BCUT2D eigenvalue weighted by molar-refractivity contribution is 0.102. The molecule has 0 unspecified atom stereocenters. The highest BCUT2D eigenvalue weighted by Gasteiger charge is 2.25. The number of aromatic nitrogens is 1. The minimum Gasteiger partial charge on any atom is -0.360 e. The zero-order valence-electron chi connectivity index (χ0n) is 18.1. The van der Waals surface area contributed by atoms with Crippen LogP contribution in [0.2, 0.25) is 10.0 Å². The second-order valence-corrected chi connectivity index (χ2v) is 10.0. The SMILES string of the molecule is Cc1ccc(S(=O)(=O)Nc2ccc(NC(=O)c3c(-c4c(Cl)cccc4Cl)noc3C)cc2)cc1. The number of amides is 1. The quantitative estimate of drug-likeness (QED) is 0.312. The Bertz CT molecular complexity index is 1450. The van der Waals surface area contributed by atoms with E-state index in [2.05, 4.69) is 15.2 Å². The van der Waals surface area contributed by atoms with Gasteiger partial charge in [0.15, 0.2) is 0 Å². The smallest absolute Gasteiger partial charge is 0.261 e. The Morgan fingerprint density at radius 2 is 1.47 bits per heavy atom. The fourth-order valence-electron chi connectivity index (χ4n) is 3.28. The monoisotopic (exact) mass is 515 g/mol. The molecule has 0 aliphatic carbocycles. The van der Waals surface area contributed by atoms with Crippen LogP contribution < -0.4 is 10.0 Å². The number of nitrogens with zero attached hydrogens (tertiary/aromatic N) is 1. The number of carbonyl (C=O) groups excluding carboxylic acids is 1. The molecular formula is C24H19Cl2N3O4S. The fourth-order valence-corrected chi connectivity index (χ4v) is 4.92. The molecule has 7 nitrogen and oxygen atoms in total. The van der Waals surface area contributed by atoms with Crippen LogP contribution in [0.4, 0.5) is 11.4 Å². The van der Waals surface area contributed by atoms with Crippen molar-refractivity contribution < 1.29 is 17.7 Å². The van der Waals surface area contributed by atoms with E-state index in [1.807, 2.05) is 6.92 Å². The van der Waals surface area contributed by atoms with E-state index < -0.39 is 15.9 Å². The number of benzene rings is 3. The molecule has 174 valence electrons. The highest BCUT2D eigenvalue weighted by molar-refractivity contribution is 7.92. The normalized spacial score (nSPS) is 11.3. The molecule has 4 aromatic rings. The minimum atomic E-state index is -3.73. The summed E-state index contributed by atoms with van der Waals surface area (Å²) in [5.41, 5.74) is 2.58. The molecule has 0 bridgehead atoms. The molecule has 34 heavy (non-hydrogen) atoms. The van der Waals surface area contributed by atoms with Gasteiger partial charge in [0.1, 0.15) is 17.0 Å². The molecule has 3 aromatic carbocycles. The molecule has 0 saturated carbocycles. The average molecular weight is 516 g/mol. The van der Waals surface area contributed by atoms with Gasteiger partial charge in [-0.05, 0) is 62.4 Å². The zero-order chi connectivity index (χ0) is 24.5. The van der Waals surface area contributed by atoms with Crippen molar-refractivity contribution in [2.75, 3.05) is 10.0 Å². The van der Waals surface area contributed by atoms with Gasteiger partial charge in [0.25, 0.3) is 15.9 Å². The molecule has 4 rings (SSSR count). The second kappa shape index (κ2) is 9.50.